The van der Waals surface area contributed by atoms with Gasteiger partial charge in [-0.1, -0.05) is 30.3 Å². The number of hydrogen-bond donors (Lipinski definition) is 2. The Morgan fingerprint density at radius 3 is 2.44 bits per heavy atom. The van der Waals surface area contributed by atoms with Crippen molar-refractivity contribution in [3.05, 3.63) is 64.7 Å². The van der Waals surface area contributed by atoms with E-state index in [0.29, 0.717) is 16.8 Å². The van der Waals surface area contributed by atoms with Crippen molar-refractivity contribution in [2.24, 2.45) is 5.73 Å². The first-order valence-electron chi connectivity index (χ1n) is 9.34. The summed E-state index contributed by atoms with van der Waals surface area (Å²) in [5, 5.41) is 2.77. The van der Waals surface area contributed by atoms with Gasteiger partial charge in [-0.05, 0) is 54.5 Å². The monoisotopic (exact) mass is 364 g/mol. The van der Waals surface area contributed by atoms with Crippen molar-refractivity contribution < 1.29 is 14.4 Å². The number of primary amides is 1. The number of aryl methyl sites for hydroxylation is 2. The third-order valence-electron chi connectivity index (χ3n) is 4.91. The second kappa shape index (κ2) is 8.62. The molecule has 27 heavy (non-hydrogen) atoms. The Kier molecular flexibility index (Phi) is 6.01. The predicted molar refractivity (Wildman–Crippen MR) is 105 cm³/mol. The molecule has 1 aliphatic rings. The molecule has 0 spiro atoms. The molecule has 0 atom stereocenters. The Morgan fingerprint density at radius 1 is 0.926 bits per heavy atom. The summed E-state index contributed by atoms with van der Waals surface area (Å²) in [5.74, 6) is -0.735. The molecule has 3 N–H and O–H groups in total. The van der Waals surface area contributed by atoms with E-state index in [4.69, 9.17) is 5.73 Å². The Balaban J connectivity index is 1.58. The average molecular weight is 364 g/mol. The molecule has 0 saturated heterocycles. The zero-order valence-corrected chi connectivity index (χ0v) is 15.3. The summed E-state index contributed by atoms with van der Waals surface area (Å²) >= 11 is 0. The summed E-state index contributed by atoms with van der Waals surface area (Å²) in [6, 6.07) is 12.9. The number of amides is 2. The molecular formula is C22H24N2O3. The number of Topliss-reactive ketones (excluding diaryl/α,β-unsaturated/α-hetero) is 1. The number of rotatable bonds is 7. The number of fused-ring (bicyclic) bond motifs is 1. The van der Waals surface area contributed by atoms with Crippen molar-refractivity contribution in [3.8, 4) is 0 Å². The molecular weight excluding hydrogens is 340 g/mol. The third kappa shape index (κ3) is 5.03. The number of nitrogens with one attached hydrogen (secondary N) is 1. The van der Waals surface area contributed by atoms with Crippen LogP contribution in [0.1, 0.15) is 52.7 Å². The lowest BCUT2D eigenvalue weighted by molar-refractivity contribution is -0.118. The Morgan fingerprint density at radius 2 is 1.67 bits per heavy atom. The van der Waals surface area contributed by atoms with Gasteiger partial charge in [-0.2, -0.15) is 0 Å². The summed E-state index contributed by atoms with van der Waals surface area (Å²) in [5.41, 5.74) is 9.74. The quantitative estimate of drug-likeness (QED) is 0.740. The Bertz CT molecular complexity index is 874. The van der Waals surface area contributed by atoms with Gasteiger partial charge >= 0.3 is 0 Å². The maximum absolute atomic E-state index is 12.5. The van der Waals surface area contributed by atoms with E-state index in [0.717, 1.165) is 19.3 Å². The highest BCUT2D eigenvalue weighted by Crippen LogP contribution is 2.23. The van der Waals surface area contributed by atoms with Crippen molar-refractivity contribution in [2.45, 2.75) is 44.9 Å². The molecule has 140 valence electrons. The van der Waals surface area contributed by atoms with Crippen LogP contribution in [0.5, 0.6) is 0 Å². The van der Waals surface area contributed by atoms with Crippen molar-refractivity contribution in [3.63, 3.8) is 0 Å². The highest BCUT2D eigenvalue weighted by atomic mass is 16.2. The van der Waals surface area contributed by atoms with Gasteiger partial charge in [0.15, 0.2) is 5.78 Å². The molecule has 0 heterocycles. The standard InChI is InChI=1S/C22H24N2O3/c23-21(26)14-17-7-3-4-8-19(17)24-22(27)12-11-20(25)18-10-9-15-5-1-2-6-16(15)13-18/h3-4,7-10,13H,1-2,5-6,11-12,14H2,(H2,23,26)(H,24,27). The van der Waals surface area contributed by atoms with Crippen LogP contribution in [0.15, 0.2) is 42.5 Å². The SMILES string of the molecule is NC(=O)Cc1ccccc1NC(=O)CCC(=O)c1ccc2c(c1)CCCC2. The van der Waals surface area contributed by atoms with Crippen molar-refractivity contribution in [1.82, 2.24) is 0 Å². The highest BCUT2D eigenvalue weighted by Gasteiger charge is 2.15. The number of benzene rings is 2. The van der Waals surface area contributed by atoms with E-state index in [1.54, 1.807) is 24.3 Å². The van der Waals surface area contributed by atoms with Gasteiger partial charge in [-0.3, -0.25) is 14.4 Å². The van der Waals surface area contributed by atoms with Crippen LogP contribution in [0, 0.1) is 0 Å². The lowest BCUT2D eigenvalue weighted by Crippen LogP contribution is -2.18. The van der Waals surface area contributed by atoms with E-state index in [9.17, 15) is 14.4 Å². The van der Waals surface area contributed by atoms with Crippen LogP contribution in [0.3, 0.4) is 0 Å². The van der Waals surface area contributed by atoms with E-state index in [-0.39, 0.29) is 31.0 Å². The Hall–Kier alpha value is -2.95. The molecule has 5 heteroatoms. The zero-order chi connectivity index (χ0) is 19.2. The van der Waals surface area contributed by atoms with Gasteiger partial charge in [-0.25, -0.2) is 0 Å². The van der Waals surface area contributed by atoms with Gasteiger partial charge in [0, 0.05) is 24.1 Å². The van der Waals surface area contributed by atoms with Gasteiger partial charge in [0.1, 0.15) is 0 Å². The number of ketones is 1. The van der Waals surface area contributed by atoms with Crippen molar-refractivity contribution in [2.75, 3.05) is 5.32 Å². The lowest BCUT2D eigenvalue weighted by Gasteiger charge is -2.16. The largest absolute Gasteiger partial charge is 0.369 e. The molecule has 0 radical (unpaired) electrons. The molecule has 0 unspecified atom stereocenters. The predicted octanol–water partition coefficient (Wildman–Crippen LogP) is 3.19. The summed E-state index contributed by atoms with van der Waals surface area (Å²) < 4.78 is 0. The van der Waals surface area contributed by atoms with Crippen LogP contribution in [-0.2, 0) is 28.9 Å². The fraction of sp³-hybridized carbons (Fsp3) is 0.318. The van der Waals surface area contributed by atoms with E-state index in [1.165, 1.54) is 17.5 Å². The van der Waals surface area contributed by atoms with Crippen molar-refractivity contribution >= 4 is 23.3 Å². The smallest absolute Gasteiger partial charge is 0.224 e. The average Bonchev–Trinajstić information content (AvgIpc) is 2.67. The lowest BCUT2D eigenvalue weighted by atomic mass is 9.89. The first-order chi connectivity index (χ1) is 13.0. The maximum Gasteiger partial charge on any atom is 0.224 e. The number of nitrogens with two attached hydrogens (primary N) is 1. The fourth-order valence-corrected chi connectivity index (χ4v) is 3.48. The Labute approximate surface area is 159 Å². The second-order valence-corrected chi connectivity index (χ2v) is 6.96. The molecule has 2 amide bonds. The van der Waals surface area contributed by atoms with Gasteiger partial charge in [0.05, 0.1) is 6.42 Å². The summed E-state index contributed by atoms with van der Waals surface area (Å²) in [6.07, 6.45) is 4.79. The first-order valence-corrected chi connectivity index (χ1v) is 9.34. The van der Waals surface area contributed by atoms with Crippen LogP contribution >= 0.6 is 0 Å². The van der Waals surface area contributed by atoms with Gasteiger partial charge in [0.2, 0.25) is 11.8 Å². The van der Waals surface area contributed by atoms with E-state index in [2.05, 4.69) is 5.32 Å². The molecule has 1 aliphatic carbocycles. The summed E-state index contributed by atoms with van der Waals surface area (Å²) in [6.45, 7) is 0. The van der Waals surface area contributed by atoms with E-state index < -0.39 is 5.91 Å². The minimum Gasteiger partial charge on any atom is -0.369 e. The highest BCUT2D eigenvalue weighted by molar-refractivity contribution is 6.00. The molecule has 0 aliphatic heterocycles. The van der Waals surface area contributed by atoms with Gasteiger partial charge in [0.25, 0.3) is 0 Å². The second-order valence-electron chi connectivity index (χ2n) is 6.96. The van der Waals surface area contributed by atoms with Crippen LogP contribution in [0.4, 0.5) is 5.69 Å². The summed E-state index contributed by atoms with van der Waals surface area (Å²) in [4.78, 5) is 35.8. The molecule has 0 saturated carbocycles. The van der Waals surface area contributed by atoms with Crippen LogP contribution in [0.25, 0.3) is 0 Å². The van der Waals surface area contributed by atoms with E-state index in [1.807, 2.05) is 18.2 Å². The number of carbonyl (C=O) groups is 3. The number of carbonyl (C=O) groups excluding carboxylic acids is 3. The molecule has 2 aromatic carbocycles. The van der Waals surface area contributed by atoms with Crippen LogP contribution in [0.2, 0.25) is 0 Å². The maximum atomic E-state index is 12.5. The topological polar surface area (TPSA) is 89.3 Å². The molecule has 2 aromatic rings. The van der Waals surface area contributed by atoms with Crippen LogP contribution in [-0.4, -0.2) is 17.6 Å². The zero-order valence-electron chi connectivity index (χ0n) is 15.3. The molecule has 0 aromatic heterocycles. The first kappa shape index (κ1) is 18.8. The molecule has 0 fully saturated rings. The minimum absolute atomic E-state index is 0.0241. The fourth-order valence-electron chi connectivity index (χ4n) is 3.48. The number of hydrogen-bond acceptors (Lipinski definition) is 3. The molecule has 0 bridgehead atoms. The minimum atomic E-state index is -0.459. The molecule has 5 nitrogen and oxygen atoms in total. The summed E-state index contributed by atoms with van der Waals surface area (Å²) in [7, 11) is 0. The third-order valence-corrected chi connectivity index (χ3v) is 4.91. The van der Waals surface area contributed by atoms with Crippen LogP contribution < -0.4 is 11.1 Å². The van der Waals surface area contributed by atoms with Gasteiger partial charge in [-0.15, -0.1) is 0 Å². The number of anilines is 1. The molecule has 3 rings (SSSR count). The number of para-hydroxylation sites is 1. The van der Waals surface area contributed by atoms with Gasteiger partial charge < -0.3 is 11.1 Å². The normalized spacial score (nSPS) is 12.9. The van der Waals surface area contributed by atoms with E-state index >= 15 is 0 Å². The van der Waals surface area contributed by atoms with Crippen molar-refractivity contribution in [1.29, 1.82) is 0 Å².